The third-order valence-electron chi connectivity index (χ3n) is 8.62. The number of likely N-dealkylation sites (N-methyl/N-ethyl adjacent to an activating group) is 1. The lowest BCUT2D eigenvalue weighted by Crippen LogP contribution is -2.56. The lowest BCUT2D eigenvalue weighted by molar-refractivity contribution is -0.140. The summed E-state index contributed by atoms with van der Waals surface area (Å²) in [5.74, 6) is -0.131. The Kier molecular flexibility index (Phi) is 12.5. The number of benzene rings is 3. The van der Waals surface area contributed by atoms with Crippen LogP contribution in [0, 0.1) is 0 Å². The third kappa shape index (κ3) is 10.8. The average Bonchev–Trinajstić information content (AvgIpc) is 3.68. The Morgan fingerprint density at radius 2 is 1.55 bits per heavy atom. The number of pyridine rings is 1. The molecule has 51 heavy (non-hydrogen) atoms. The average molecular weight is 689 g/mol. The number of aromatic amines is 1. The minimum atomic E-state index is -1.04. The number of aromatic nitrogens is 3. The molecular formula is C40H44N6O5. The first-order chi connectivity index (χ1) is 24.7. The summed E-state index contributed by atoms with van der Waals surface area (Å²) in [6.07, 6.45) is 4.38. The molecule has 0 saturated carbocycles. The highest BCUT2D eigenvalue weighted by molar-refractivity contribution is 5.91. The zero-order valence-corrected chi connectivity index (χ0v) is 29.1. The molecule has 0 aliphatic carbocycles. The van der Waals surface area contributed by atoms with Crippen LogP contribution in [-0.4, -0.2) is 63.4 Å². The smallest absolute Gasteiger partial charge is 0.408 e. The summed E-state index contributed by atoms with van der Waals surface area (Å²) < 4.78 is 11.4. The molecule has 5 rings (SSSR count). The molecule has 0 spiro atoms. The van der Waals surface area contributed by atoms with Gasteiger partial charge in [0.05, 0.1) is 12.0 Å². The Morgan fingerprint density at radius 1 is 0.843 bits per heavy atom. The van der Waals surface area contributed by atoms with Crippen molar-refractivity contribution in [3.8, 4) is 5.75 Å². The zero-order chi connectivity index (χ0) is 36.1. The fourth-order valence-electron chi connectivity index (χ4n) is 5.53. The first kappa shape index (κ1) is 36.3. The normalized spacial score (nSPS) is 12.3. The maximum Gasteiger partial charge on any atom is 0.408 e. The van der Waals surface area contributed by atoms with Gasteiger partial charge >= 0.3 is 6.09 Å². The van der Waals surface area contributed by atoms with E-state index >= 15 is 0 Å². The molecule has 0 aliphatic heterocycles. The van der Waals surface area contributed by atoms with Crippen molar-refractivity contribution in [1.29, 1.82) is 0 Å². The van der Waals surface area contributed by atoms with Gasteiger partial charge in [-0.1, -0.05) is 92.7 Å². The van der Waals surface area contributed by atoms with E-state index in [9.17, 15) is 14.4 Å². The van der Waals surface area contributed by atoms with Gasteiger partial charge in [-0.25, -0.2) is 9.78 Å². The largest absolute Gasteiger partial charge is 0.487 e. The van der Waals surface area contributed by atoms with Gasteiger partial charge in [-0.2, -0.15) is 0 Å². The molecule has 5 aromatic rings. The quantitative estimate of drug-likeness (QED) is 0.127. The number of imidazole rings is 1. The van der Waals surface area contributed by atoms with E-state index in [2.05, 4.69) is 39.4 Å². The number of ether oxygens (including phenoxy) is 2. The van der Waals surface area contributed by atoms with Crippen molar-refractivity contribution in [1.82, 2.24) is 30.5 Å². The molecule has 2 aromatic heterocycles. The summed E-state index contributed by atoms with van der Waals surface area (Å²) in [5.41, 5.74) is 3.78. The first-order valence-electron chi connectivity index (χ1n) is 16.8. The summed E-state index contributed by atoms with van der Waals surface area (Å²) in [5, 5.41) is 5.82. The van der Waals surface area contributed by atoms with Crippen LogP contribution in [0.25, 0.3) is 0 Å². The van der Waals surface area contributed by atoms with Crippen molar-refractivity contribution < 1.29 is 23.9 Å². The number of rotatable bonds is 16. The summed E-state index contributed by atoms with van der Waals surface area (Å²) in [4.78, 5) is 54.0. The Morgan fingerprint density at radius 3 is 2.22 bits per heavy atom. The molecule has 264 valence electrons. The van der Waals surface area contributed by atoms with E-state index in [-0.39, 0.29) is 30.8 Å². The molecule has 3 aromatic carbocycles. The van der Waals surface area contributed by atoms with E-state index in [1.165, 1.54) is 11.2 Å². The second-order valence-electron chi connectivity index (χ2n) is 12.9. The van der Waals surface area contributed by atoms with Crippen LogP contribution in [0.2, 0.25) is 0 Å². The van der Waals surface area contributed by atoms with E-state index in [1.807, 2.05) is 103 Å². The number of hydrogen-bond donors (Lipinski definition) is 3. The maximum absolute atomic E-state index is 14.2. The molecular weight excluding hydrogens is 644 g/mol. The fraction of sp³-hybridized carbons (Fsp3) is 0.275. The molecule has 0 fully saturated rings. The summed E-state index contributed by atoms with van der Waals surface area (Å²) in [6.45, 7) is 4.81. The Balaban J connectivity index is 1.33. The number of alkyl carbamates (subject to hydrolysis) is 1. The van der Waals surface area contributed by atoms with Crippen molar-refractivity contribution in [3.63, 3.8) is 0 Å². The van der Waals surface area contributed by atoms with Crippen molar-refractivity contribution in [2.45, 2.75) is 57.4 Å². The van der Waals surface area contributed by atoms with Crippen LogP contribution in [0.4, 0.5) is 4.79 Å². The van der Waals surface area contributed by atoms with Crippen molar-refractivity contribution in [2.24, 2.45) is 0 Å². The van der Waals surface area contributed by atoms with Crippen molar-refractivity contribution >= 4 is 17.9 Å². The SMILES string of the molecule is CN(C(=O)[C@H](Cc1cnc[nH]1)NC(=O)OCc1ccccc1)[C@H](Cc1ccc(OCc2ccccn2)cc1)C(=O)NCC(C)(C)c1ccccc1. The predicted molar refractivity (Wildman–Crippen MR) is 194 cm³/mol. The number of amides is 3. The molecule has 0 bridgehead atoms. The Bertz CT molecular complexity index is 1820. The second kappa shape index (κ2) is 17.6. The number of carbonyl (C=O) groups is 3. The van der Waals surface area contributed by atoms with Crippen LogP contribution in [-0.2, 0) is 45.8 Å². The zero-order valence-electron chi connectivity index (χ0n) is 29.1. The number of nitrogens with zero attached hydrogens (tertiary/aromatic N) is 3. The summed E-state index contributed by atoms with van der Waals surface area (Å²) >= 11 is 0. The molecule has 11 nitrogen and oxygen atoms in total. The molecule has 3 N–H and O–H groups in total. The monoisotopic (exact) mass is 688 g/mol. The highest BCUT2D eigenvalue weighted by Gasteiger charge is 2.34. The molecule has 0 aliphatic rings. The lowest BCUT2D eigenvalue weighted by atomic mass is 9.84. The van der Waals surface area contributed by atoms with Crippen molar-refractivity contribution in [3.05, 3.63) is 150 Å². The van der Waals surface area contributed by atoms with Gasteiger partial charge in [0.2, 0.25) is 11.8 Å². The molecule has 11 heteroatoms. The van der Waals surface area contributed by atoms with Gasteiger partial charge in [0, 0.05) is 49.9 Å². The Hall–Kier alpha value is -5.97. The molecule has 2 heterocycles. The summed E-state index contributed by atoms with van der Waals surface area (Å²) in [6, 6.07) is 30.3. The number of nitrogens with one attached hydrogen (secondary N) is 3. The van der Waals surface area contributed by atoms with E-state index in [4.69, 9.17) is 9.47 Å². The fourth-order valence-corrected chi connectivity index (χ4v) is 5.53. The van der Waals surface area contributed by atoms with Crippen LogP contribution in [0.3, 0.4) is 0 Å². The van der Waals surface area contributed by atoms with Crippen molar-refractivity contribution in [2.75, 3.05) is 13.6 Å². The number of carbonyl (C=O) groups excluding carboxylic acids is 3. The van der Waals surface area contributed by atoms with E-state index < -0.39 is 24.1 Å². The van der Waals surface area contributed by atoms with Gasteiger partial charge in [-0.05, 0) is 41.0 Å². The van der Waals surface area contributed by atoms with Crippen LogP contribution in [0.15, 0.2) is 122 Å². The molecule has 0 saturated heterocycles. The van der Waals surface area contributed by atoms with Gasteiger partial charge in [0.15, 0.2) is 0 Å². The van der Waals surface area contributed by atoms with E-state index in [0.29, 0.717) is 24.6 Å². The number of H-pyrrole nitrogens is 1. The second-order valence-corrected chi connectivity index (χ2v) is 12.9. The maximum atomic E-state index is 14.2. The minimum absolute atomic E-state index is 0.0390. The first-order valence-corrected chi connectivity index (χ1v) is 16.8. The van der Waals surface area contributed by atoms with E-state index in [1.54, 1.807) is 19.4 Å². The van der Waals surface area contributed by atoms with Gasteiger partial charge in [0.1, 0.15) is 31.0 Å². The van der Waals surface area contributed by atoms with Crippen LogP contribution < -0.4 is 15.4 Å². The molecule has 2 atom stereocenters. The van der Waals surface area contributed by atoms with Gasteiger partial charge in [-0.15, -0.1) is 0 Å². The predicted octanol–water partition coefficient (Wildman–Crippen LogP) is 5.38. The molecule has 0 unspecified atom stereocenters. The van der Waals surface area contributed by atoms with Crippen LogP contribution in [0.5, 0.6) is 5.75 Å². The van der Waals surface area contributed by atoms with Crippen LogP contribution in [0.1, 0.15) is 41.9 Å². The Labute approximate surface area is 298 Å². The van der Waals surface area contributed by atoms with E-state index in [0.717, 1.165) is 22.4 Å². The topological polar surface area (TPSA) is 139 Å². The third-order valence-corrected chi connectivity index (χ3v) is 8.62. The van der Waals surface area contributed by atoms with Crippen LogP contribution >= 0.6 is 0 Å². The molecule has 0 radical (unpaired) electrons. The highest BCUT2D eigenvalue weighted by atomic mass is 16.5. The molecule has 3 amide bonds. The standard InChI is InChI=1S/C40H44N6O5/c1-40(2,31-14-8-5-9-15-31)27-43-37(47)36(22-29-17-19-34(20-18-29)50-26-32-16-10-11-21-42-32)46(3)38(48)35(23-33-24-41-28-44-33)45-39(49)51-25-30-12-6-4-7-13-30/h4-21,24,28,35-36H,22-23,25-27H2,1-3H3,(H,41,44)(H,43,47)(H,45,49)/t35-,36+/m0/s1. The van der Waals surface area contributed by atoms with Gasteiger partial charge < -0.3 is 30.0 Å². The number of hydrogen-bond acceptors (Lipinski definition) is 7. The minimum Gasteiger partial charge on any atom is -0.487 e. The lowest BCUT2D eigenvalue weighted by Gasteiger charge is -2.32. The van der Waals surface area contributed by atoms with Gasteiger partial charge in [-0.3, -0.25) is 14.6 Å². The highest BCUT2D eigenvalue weighted by Crippen LogP contribution is 2.22. The summed E-state index contributed by atoms with van der Waals surface area (Å²) in [7, 11) is 1.58. The van der Waals surface area contributed by atoms with Gasteiger partial charge in [0.25, 0.3) is 0 Å².